The highest BCUT2D eigenvalue weighted by molar-refractivity contribution is 6.08. The zero-order chi connectivity index (χ0) is 23.5. The third kappa shape index (κ3) is 3.27. The molecule has 4 aromatic heterocycles. The second kappa shape index (κ2) is 6.98. The average Bonchev–Trinajstić information content (AvgIpc) is 3.41. The number of aryl methyl sites for hydroxylation is 2. The SMILES string of the molecule is Cc1nnc(C2(C)C(=O)Nc3nc(-c4nn(CCC(C)(F)F)c5ncccc45)nc(N)c32)o1. The van der Waals surface area contributed by atoms with Crippen molar-refractivity contribution in [2.45, 2.75) is 45.1 Å². The lowest BCUT2D eigenvalue weighted by atomic mass is 9.84. The van der Waals surface area contributed by atoms with Crippen LogP contribution < -0.4 is 11.1 Å². The van der Waals surface area contributed by atoms with Crippen molar-refractivity contribution in [1.82, 2.24) is 34.9 Å². The molecule has 1 aliphatic rings. The van der Waals surface area contributed by atoms with Crippen LogP contribution in [0.25, 0.3) is 22.6 Å². The van der Waals surface area contributed by atoms with Crippen molar-refractivity contribution in [3.63, 3.8) is 0 Å². The van der Waals surface area contributed by atoms with Gasteiger partial charge >= 0.3 is 0 Å². The minimum atomic E-state index is -2.86. The number of aromatic nitrogens is 7. The second-order valence-electron chi connectivity index (χ2n) is 8.13. The van der Waals surface area contributed by atoms with E-state index < -0.39 is 23.7 Å². The number of nitrogens with one attached hydrogen (secondary N) is 1. The molecule has 1 atom stereocenters. The molecule has 0 radical (unpaired) electrons. The van der Waals surface area contributed by atoms with E-state index in [0.717, 1.165) is 6.92 Å². The summed E-state index contributed by atoms with van der Waals surface area (Å²) >= 11 is 0. The monoisotopic (exact) mass is 455 g/mol. The Bertz CT molecular complexity index is 1410. The van der Waals surface area contributed by atoms with Crippen molar-refractivity contribution in [2.24, 2.45) is 0 Å². The fraction of sp³-hybridized carbons (Fsp3) is 0.350. The van der Waals surface area contributed by atoms with Crippen LogP contribution >= 0.6 is 0 Å². The standard InChI is InChI=1S/C20H19F2N9O2/c1-9-28-29-18(33-9)20(3)11-13(23)25-15(26-14(11)27-17(20)32)12-10-5-4-7-24-16(10)31(30-12)8-6-19(2,21)22/h4-5,7H,6,8H2,1-3H3,(H3,23,25,26,27,32). The predicted octanol–water partition coefficient (Wildman–Crippen LogP) is 2.47. The van der Waals surface area contributed by atoms with E-state index in [9.17, 15) is 13.6 Å². The summed E-state index contributed by atoms with van der Waals surface area (Å²) in [5, 5.41) is 15.5. The zero-order valence-electron chi connectivity index (χ0n) is 17.9. The second-order valence-corrected chi connectivity index (χ2v) is 8.13. The van der Waals surface area contributed by atoms with Gasteiger partial charge in [-0.05, 0) is 26.0 Å². The van der Waals surface area contributed by atoms with Crippen LogP contribution in [0.2, 0.25) is 0 Å². The first-order chi connectivity index (χ1) is 15.6. The van der Waals surface area contributed by atoms with Gasteiger partial charge in [-0.15, -0.1) is 10.2 Å². The van der Waals surface area contributed by atoms with E-state index in [1.165, 1.54) is 4.68 Å². The first kappa shape index (κ1) is 20.8. The lowest BCUT2D eigenvalue weighted by Crippen LogP contribution is -2.33. The fourth-order valence-corrected chi connectivity index (χ4v) is 3.85. The molecule has 0 spiro atoms. The third-order valence-electron chi connectivity index (χ3n) is 5.56. The number of rotatable bonds is 5. The molecule has 0 bridgehead atoms. The highest BCUT2D eigenvalue weighted by atomic mass is 19.3. The molecule has 0 aliphatic carbocycles. The Hall–Kier alpha value is -4.03. The van der Waals surface area contributed by atoms with Gasteiger partial charge in [-0.25, -0.2) is 28.4 Å². The number of alkyl halides is 2. The van der Waals surface area contributed by atoms with Gasteiger partial charge in [-0.1, -0.05) is 0 Å². The molecule has 0 saturated heterocycles. The predicted molar refractivity (Wildman–Crippen MR) is 112 cm³/mol. The molecule has 5 heterocycles. The minimum absolute atomic E-state index is 0.0263. The zero-order valence-corrected chi connectivity index (χ0v) is 17.9. The van der Waals surface area contributed by atoms with Crippen molar-refractivity contribution in [3.8, 4) is 11.5 Å². The van der Waals surface area contributed by atoms with E-state index in [4.69, 9.17) is 10.2 Å². The molecule has 1 aliphatic heterocycles. The maximum atomic E-state index is 13.4. The maximum Gasteiger partial charge on any atom is 0.247 e. The van der Waals surface area contributed by atoms with E-state index >= 15 is 0 Å². The number of fused-ring (bicyclic) bond motifs is 2. The number of nitrogens with zero attached hydrogens (tertiary/aromatic N) is 7. The lowest BCUT2D eigenvalue weighted by molar-refractivity contribution is -0.119. The fourth-order valence-electron chi connectivity index (χ4n) is 3.85. The number of nitrogens with two attached hydrogens (primary N) is 1. The molecule has 13 heteroatoms. The Labute approximate surface area is 185 Å². The van der Waals surface area contributed by atoms with Crippen LogP contribution in [0, 0.1) is 6.92 Å². The minimum Gasteiger partial charge on any atom is -0.424 e. The molecule has 170 valence electrons. The molecule has 1 unspecified atom stereocenters. The summed E-state index contributed by atoms with van der Waals surface area (Å²) in [5.41, 5.74) is 5.94. The number of carbonyl (C=O) groups excluding carboxylic acids is 1. The van der Waals surface area contributed by atoms with Gasteiger partial charge < -0.3 is 15.5 Å². The number of nitrogen functional groups attached to an aromatic ring is 1. The lowest BCUT2D eigenvalue weighted by Gasteiger charge is -2.18. The van der Waals surface area contributed by atoms with Gasteiger partial charge in [-0.3, -0.25) is 4.79 Å². The number of halogens is 2. The number of hydrogen-bond donors (Lipinski definition) is 2. The molecule has 5 rings (SSSR count). The molecule has 11 nitrogen and oxygen atoms in total. The van der Waals surface area contributed by atoms with E-state index in [1.54, 1.807) is 32.2 Å². The van der Waals surface area contributed by atoms with Crippen LogP contribution in [0.5, 0.6) is 0 Å². The summed E-state index contributed by atoms with van der Waals surface area (Å²) in [6, 6.07) is 3.43. The van der Waals surface area contributed by atoms with Crippen LogP contribution in [-0.4, -0.2) is 46.8 Å². The quantitative estimate of drug-likeness (QED) is 0.462. The molecule has 0 saturated carbocycles. The van der Waals surface area contributed by atoms with Gasteiger partial charge in [0.05, 0.1) is 10.9 Å². The van der Waals surface area contributed by atoms with Crippen LogP contribution in [0.15, 0.2) is 22.7 Å². The molecule has 33 heavy (non-hydrogen) atoms. The van der Waals surface area contributed by atoms with Gasteiger partial charge in [0.2, 0.25) is 23.6 Å². The topological polar surface area (TPSA) is 151 Å². The van der Waals surface area contributed by atoms with Crippen molar-refractivity contribution < 1.29 is 18.0 Å². The molecule has 4 aromatic rings. The van der Waals surface area contributed by atoms with Gasteiger partial charge in [0.1, 0.15) is 17.3 Å². The van der Waals surface area contributed by atoms with E-state index in [1.807, 2.05) is 0 Å². The summed E-state index contributed by atoms with van der Waals surface area (Å²) in [6.07, 6.45) is 1.13. The van der Waals surface area contributed by atoms with Crippen LogP contribution in [-0.2, 0) is 16.8 Å². The van der Waals surface area contributed by atoms with Crippen LogP contribution in [0.4, 0.5) is 20.4 Å². The molecule has 0 fully saturated rings. The van der Waals surface area contributed by atoms with E-state index in [0.29, 0.717) is 28.2 Å². The molecular formula is C20H19F2N9O2. The summed E-state index contributed by atoms with van der Waals surface area (Å²) < 4.78 is 33.8. The Morgan fingerprint density at radius 3 is 2.79 bits per heavy atom. The van der Waals surface area contributed by atoms with Crippen molar-refractivity contribution in [2.75, 3.05) is 11.1 Å². The Morgan fingerprint density at radius 1 is 1.30 bits per heavy atom. The molecule has 0 aromatic carbocycles. The highest BCUT2D eigenvalue weighted by Crippen LogP contribution is 2.44. The number of pyridine rings is 1. The van der Waals surface area contributed by atoms with Crippen LogP contribution in [0.3, 0.4) is 0 Å². The van der Waals surface area contributed by atoms with Crippen molar-refractivity contribution >= 4 is 28.6 Å². The Balaban J connectivity index is 1.63. The highest BCUT2D eigenvalue weighted by Gasteiger charge is 2.51. The summed E-state index contributed by atoms with van der Waals surface area (Å²) in [4.78, 5) is 26.0. The molecule has 1 amide bonds. The van der Waals surface area contributed by atoms with E-state index in [-0.39, 0.29) is 29.9 Å². The van der Waals surface area contributed by atoms with Crippen molar-refractivity contribution in [3.05, 3.63) is 35.7 Å². The Morgan fingerprint density at radius 2 is 2.09 bits per heavy atom. The molecule has 3 N–H and O–H groups in total. The smallest absolute Gasteiger partial charge is 0.247 e. The number of hydrogen-bond acceptors (Lipinski definition) is 9. The van der Waals surface area contributed by atoms with Gasteiger partial charge in [0.15, 0.2) is 16.9 Å². The summed E-state index contributed by atoms with van der Waals surface area (Å²) in [7, 11) is 0. The van der Waals surface area contributed by atoms with E-state index in [2.05, 4.69) is 35.6 Å². The maximum absolute atomic E-state index is 13.4. The normalized spacial score (nSPS) is 18.0. The molecular weight excluding hydrogens is 436 g/mol. The third-order valence-corrected chi connectivity index (χ3v) is 5.56. The van der Waals surface area contributed by atoms with Gasteiger partial charge in [-0.2, -0.15) is 5.10 Å². The van der Waals surface area contributed by atoms with Crippen LogP contribution in [0.1, 0.15) is 37.6 Å². The Kier molecular flexibility index (Phi) is 4.41. The van der Waals surface area contributed by atoms with Crippen molar-refractivity contribution in [1.29, 1.82) is 0 Å². The largest absolute Gasteiger partial charge is 0.424 e. The average molecular weight is 455 g/mol. The summed E-state index contributed by atoms with van der Waals surface area (Å²) in [5.74, 6) is -2.60. The van der Waals surface area contributed by atoms with Gasteiger partial charge in [0, 0.05) is 26.1 Å². The first-order valence-corrected chi connectivity index (χ1v) is 10.1. The number of anilines is 2. The number of carbonyl (C=O) groups is 1. The van der Waals surface area contributed by atoms with Gasteiger partial charge in [0.25, 0.3) is 0 Å². The first-order valence-electron chi connectivity index (χ1n) is 10.1. The summed E-state index contributed by atoms with van der Waals surface area (Å²) in [6.45, 7) is 4.00. The number of amides is 1.